The van der Waals surface area contributed by atoms with E-state index in [0.29, 0.717) is 26.3 Å². The lowest BCUT2D eigenvalue weighted by Crippen LogP contribution is -2.60. The van der Waals surface area contributed by atoms with Crippen molar-refractivity contribution in [3.05, 3.63) is 17.5 Å². The average Bonchev–Trinajstić information content (AvgIpc) is 2.93. The van der Waals surface area contributed by atoms with Gasteiger partial charge in [0.2, 0.25) is 0 Å². The van der Waals surface area contributed by atoms with Gasteiger partial charge in [-0.2, -0.15) is 18.3 Å². The van der Waals surface area contributed by atoms with Gasteiger partial charge in [0.1, 0.15) is 0 Å². The molecular formula is C14H20F3N5O2. The molecule has 0 unspecified atom stereocenters. The molecule has 0 radical (unpaired) electrons. The highest BCUT2D eigenvalue weighted by atomic mass is 19.4. The number of alkyl halides is 3. The van der Waals surface area contributed by atoms with E-state index in [2.05, 4.69) is 15.3 Å². The van der Waals surface area contributed by atoms with Gasteiger partial charge in [-0.05, 0) is 0 Å². The lowest BCUT2D eigenvalue weighted by Gasteiger charge is -2.43. The maximum atomic E-state index is 12.9. The molecular weight excluding hydrogens is 327 g/mol. The number of nitrogens with one attached hydrogen (secondary N) is 1. The Bertz CT molecular complexity index is 604. The van der Waals surface area contributed by atoms with Gasteiger partial charge in [-0.3, -0.25) is 9.58 Å². The number of hydrogen-bond acceptors (Lipinski definition) is 4. The van der Waals surface area contributed by atoms with Gasteiger partial charge in [-0.15, -0.1) is 0 Å². The van der Waals surface area contributed by atoms with E-state index in [1.165, 1.54) is 13.2 Å². The highest BCUT2D eigenvalue weighted by molar-refractivity contribution is 5.74. The van der Waals surface area contributed by atoms with Gasteiger partial charge in [0, 0.05) is 51.5 Å². The number of ether oxygens (including phenoxy) is 1. The summed E-state index contributed by atoms with van der Waals surface area (Å²) in [6, 6.07) is -0.209. The summed E-state index contributed by atoms with van der Waals surface area (Å²) in [5.74, 6) is 0. The zero-order chi connectivity index (χ0) is 17.3. The number of aryl methyl sites for hydroxylation is 1. The Morgan fingerprint density at radius 1 is 1.42 bits per heavy atom. The van der Waals surface area contributed by atoms with Crippen LogP contribution < -0.4 is 5.32 Å². The van der Waals surface area contributed by atoms with Crippen LogP contribution in [0, 0.1) is 0 Å². The standard InChI is InChI=1S/C14H20F3N5O2/c1-20-7-10(12(19-20)14(15,16)17)6-18-13(23)22-3-2-21-4-5-24-9-11(21)8-22/h7,11H,2-6,8-9H2,1H3,(H,18,23)/t11-/m1/s1. The van der Waals surface area contributed by atoms with Crippen LogP contribution in [0.3, 0.4) is 0 Å². The minimum atomic E-state index is -4.54. The van der Waals surface area contributed by atoms with Crippen LogP contribution in [0.15, 0.2) is 6.20 Å². The molecule has 2 fully saturated rings. The number of hydrogen-bond donors (Lipinski definition) is 1. The van der Waals surface area contributed by atoms with E-state index >= 15 is 0 Å². The molecule has 2 saturated heterocycles. The van der Waals surface area contributed by atoms with Crippen molar-refractivity contribution in [1.29, 1.82) is 0 Å². The van der Waals surface area contributed by atoms with Gasteiger partial charge < -0.3 is 15.0 Å². The van der Waals surface area contributed by atoms with Gasteiger partial charge >= 0.3 is 12.2 Å². The van der Waals surface area contributed by atoms with Crippen molar-refractivity contribution in [2.45, 2.75) is 18.8 Å². The molecule has 24 heavy (non-hydrogen) atoms. The summed E-state index contributed by atoms with van der Waals surface area (Å²) < 4.78 is 45.2. The normalized spacial score (nSPS) is 22.3. The van der Waals surface area contributed by atoms with Crippen LogP contribution in [0.2, 0.25) is 0 Å². The molecule has 134 valence electrons. The molecule has 2 aliphatic heterocycles. The summed E-state index contributed by atoms with van der Waals surface area (Å²) in [6.45, 7) is 3.75. The summed E-state index contributed by atoms with van der Waals surface area (Å²) >= 11 is 0. The smallest absolute Gasteiger partial charge is 0.378 e. The quantitative estimate of drug-likeness (QED) is 0.854. The van der Waals surface area contributed by atoms with Crippen LogP contribution in [-0.4, -0.2) is 71.0 Å². The number of nitrogens with zero attached hydrogens (tertiary/aromatic N) is 4. The molecule has 10 heteroatoms. The van der Waals surface area contributed by atoms with Gasteiger partial charge in [0.25, 0.3) is 0 Å². The van der Waals surface area contributed by atoms with Crippen molar-refractivity contribution in [2.24, 2.45) is 7.05 Å². The van der Waals surface area contributed by atoms with Crippen molar-refractivity contribution in [1.82, 2.24) is 24.9 Å². The number of aromatic nitrogens is 2. The number of piperazine rings is 1. The SMILES string of the molecule is Cn1cc(CNC(=O)N2CCN3CCOC[C@H]3C2)c(C(F)(F)F)n1. The summed E-state index contributed by atoms with van der Waals surface area (Å²) in [4.78, 5) is 16.2. The summed E-state index contributed by atoms with van der Waals surface area (Å²) in [6.07, 6.45) is -3.26. The second kappa shape index (κ2) is 6.60. The van der Waals surface area contributed by atoms with E-state index in [0.717, 1.165) is 17.8 Å². The first-order valence-corrected chi connectivity index (χ1v) is 7.79. The number of morpholine rings is 1. The summed E-state index contributed by atoms with van der Waals surface area (Å²) in [7, 11) is 1.42. The van der Waals surface area contributed by atoms with Crippen LogP contribution in [0.1, 0.15) is 11.3 Å². The Hall–Kier alpha value is -1.81. The van der Waals surface area contributed by atoms with Crippen LogP contribution in [-0.2, 0) is 24.5 Å². The minimum absolute atomic E-state index is 0.0435. The van der Waals surface area contributed by atoms with Crippen molar-refractivity contribution >= 4 is 6.03 Å². The second-order valence-electron chi connectivity index (χ2n) is 6.04. The van der Waals surface area contributed by atoms with Gasteiger partial charge in [0.15, 0.2) is 5.69 Å². The van der Waals surface area contributed by atoms with Crippen molar-refractivity contribution in [2.75, 3.05) is 39.4 Å². The van der Waals surface area contributed by atoms with E-state index in [9.17, 15) is 18.0 Å². The molecule has 1 aromatic rings. The number of halogens is 3. The molecule has 0 aliphatic carbocycles. The second-order valence-corrected chi connectivity index (χ2v) is 6.04. The van der Waals surface area contributed by atoms with E-state index in [4.69, 9.17) is 4.74 Å². The van der Waals surface area contributed by atoms with Gasteiger partial charge in [-0.25, -0.2) is 4.79 Å². The molecule has 0 aromatic carbocycles. The number of amides is 2. The van der Waals surface area contributed by atoms with Gasteiger partial charge in [-0.1, -0.05) is 0 Å². The van der Waals surface area contributed by atoms with Crippen molar-refractivity contribution in [3.63, 3.8) is 0 Å². The zero-order valence-corrected chi connectivity index (χ0v) is 13.3. The van der Waals surface area contributed by atoms with E-state index in [-0.39, 0.29) is 24.2 Å². The summed E-state index contributed by atoms with van der Waals surface area (Å²) in [5, 5.41) is 5.99. The largest absolute Gasteiger partial charge is 0.435 e. The Kier molecular flexibility index (Phi) is 4.68. The molecule has 1 aromatic heterocycles. The Morgan fingerprint density at radius 2 is 2.21 bits per heavy atom. The van der Waals surface area contributed by atoms with E-state index in [1.54, 1.807) is 4.90 Å². The first-order valence-electron chi connectivity index (χ1n) is 7.79. The number of urea groups is 1. The Labute approximate surface area is 137 Å². The Morgan fingerprint density at radius 3 is 2.96 bits per heavy atom. The fraction of sp³-hybridized carbons (Fsp3) is 0.714. The lowest BCUT2D eigenvalue weighted by molar-refractivity contribution is -0.142. The first-order chi connectivity index (χ1) is 11.3. The fourth-order valence-corrected chi connectivity index (χ4v) is 3.12. The van der Waals surface area contributed by atoms with Gasteiger partial charge in [0.05, 0.1) is 19.3 Å². The lowest BCUT2D eigenvalue weighted by atomic mass is 10.1. The van der Waals surface area contributed by atoms with Crippen molar-refractivity contribution < 1.29 is 22.7 Å². The highest BCUT2D eigenvalue weighted by Gasteiger charge is 2.37. The molecule has 0 spiro atoms. The topological polar surface area (TPSA) is 62.6 Å². The molecule has 1 N–H and O–H groups in total. The predicted octanol–water partition coefficient (Wildman–Crippen LogP) is 0.665. The number of fused-ring (bicyclic) bond motifs is 1. The molecule has 0 saturated carbocycles. The molecule has 3 rings (SSSR count). The van der Waals surface area contributed by atoms with E-state index in [1.807, 2.05) is 0 Å². The highest BCUT2D eigenvalue weighted by Crippen LogP contribution is 2.30. The third-order valence-electron chi connectivity index (χ3n) is 4.33. The molecule has 3 heterocycles. The van der Waals surface area contributed by atoms with Crippen LogP contribution in [0.4, 0.5) is 18.0 Å². The van der Waals surface area contributed by atoms with E-state index < -0.39 is 11.9 Å². The van der Waals surface area contributed by atoms with Crippen LogP contribution in [0.5, 0.6) is 0 Å². The van der Waals surface area contributed by atoms with Crippen LogP contribution >= 0.6 is 0 Å². The molecule has 0 bridgehead atoms. The molecule has 7 nitrogen and oxygen atoms in total. The summed E-state index contributed by atoms with van der Waals surface area (Å²) in [5.41, 5.74) is -1.01. The average molecular weight is 347 g/mol. The van der Waals surface area contributed by atoms with Crippen molar-refractivity contribution in [3.8, 4) is 0 Å². The number of carbonyl (C=O) groups excluding carboxylic acids is 1. The van der Waals surface area contributed by atoms with Crippen LogP contribution in [0.25, 0.3) is 0 Å². The molecule has 2 aliphatic rings. The number of carbonyl (C=O) groups is 1. The number of rotatable bonds is 2. The Balaban J connectivity index is 1.58. The maximum absolute atomic E-state index is 12.9. The maximum Gasteiger partial charge on any atom is 0.435 e. The molecule has 2 amide bonds. The monoisotopic (exact) mass is 347 g/mol. The fourth-order valence-electron chi connectivity index (χ4n) is 3.12. The minimum Gasteiger partial charge on any atom is -0.378 e. The first kappa shape index (κ1) is 17.0. The third-order valence-corrected chi connectivity index (χ3v) is 4.33. The molecule has 1 atom stereocenters. The zero-order valence-electron chi connectivity index (χ0n) is 13.3. The predicted molar refractivity (Wildman–Crippen MR) is 78.2 cm³/mol. The third kappa shape index (κ3) is 3.64.